The van der Waals surface area contributed by atoms with E-state index in [1.165, 1.54) is 5.56 Å². The molecule has 0 bridgehead atoms. The zero-order valence-corrected chi connectivity index (χ0v) is 11.5. The number of carbonyl (C=O) groups excluding carboxylic acids is 1. The van der Waals surface area contributed by atoms with E-state index in [2.05, 4.69) is 10.3 Å². The van der Waals surface area contributed by atoms with Gasteiger partial charge in [-0.05, 0) is 30.7 Å². The van der Waals surface area contributed by atoms with Crippen LogP contribution in [-0.2, 0) is 11.3 Å². The van der Waals surface area contributed by atoms with Gasteiger partial charge in [0.05, 0.1) is 5.56 Å². The third kappa shape index (κ3) is 1.73. The van der Waals surface area contributed by atoms with Crippen LogP contribution in [0.1, 0.15) is 23.5 Å². The van der Waals surface area contributed by atoms with E-state index in [1.54, 1.807) is 12.3 Å². The molecule has 1 fully saturated rings. The van der Waals surface area contributed by atoms with Gasteiger partial charge in [-0.2, -0.15) is 0 Å². The standard InChI is InChI=1S/C16H12N2O4/c19-16-18-15-11(7-20-16)13(3-4-17-15)21-8-1-2-12-9(5-8)10-6-14(10)22-12/h1-5,10,14H,6-7H2,(H,17,18,19)/t10-,14-/m1/s1. The number of carbonyl (C=O) groups is 1. The number of pyridine rings is 1. The summed E-state index contributed by atoms with van der Waals surface area (Å²) in [4.78, 5) is 15.4. The second kappa shape index (κ2) is 4.13. The molecule has 2 aromatic rings. The van der Waals surface area contributed by atoms with E-state index in [1.807, 2.05) is 18.2 Å². The fraction of sp³-hybridized carbons (Fsp3) is 0.250. The number of anilines is 1. The lowest BCUT2D eigenvalue weighted by molar-refractivity contribution is 0.150. The highest BCUT2D eigenvalue weighted by Gasteiger charge is 2.48. The molecule has 1 amide bonds. The smallest absolute Gasteiger partial charge is 0.413 e. The summed E-state index contributed by atoms with van der Waals surface area (Å²) in [5.41, 5.74) is 1.96. The normalized spacial score (nSPS) is 23.4. The van der Waals surface area contributed by atoms with Gasteiger partial charge < -0.3 is 14.2 Å². The van der Waals surface area contributed by atoms with Crippen molar-refractivity contribution in [3.63, 3.8) is 0 Å². The van der Waals surface area contributed by atoms with Crippen LogP contribution in [0.25, 0.3) is 0 Å². The summed E-state index contributed by atoms with van der Waals surface area (Å²) < 4.78 is 16.7. The molecule has 110 valence electrons. The Morgan fingerprint density at radius 3 is 3.23 bits per heavy atom. The monoisotopic (exact) mass is 296 g/mol. The number of benzene rings is 1. The Balaban J connectivity index is 1.48. The summed E-state index contributed by atoms with van der Waals surface area (Å²) in [6, 6.07) is 7.63. The predicted molar refractivity (Wildman–Crippen MR) is 76.3 cm³/mol. The van der Waals surface area contributed by atoms with Gasteiger partial charge in [0.25, 0.3) is 0 Å². The Bertz CT molecular complexity index is 805. The van der Waals surface area contributed by atoms with Gasteiger partial charge in [-0.15, -0.1) is 0 Å². The molecule has 0 radical (unpaired) electrons. The molecule has 2 atom stereocenters. The van der Waals surface area contributed by atoms with Gasteiger partial charge in [0.1, 0.15) is 35.8 Å². The first-order valence-electron chi connectivity index (χ1n) is 7.18. The van der Waals surface area contributed by atoms with E-state index in [9.17, 15) is 4.79 Å². The van der Waals surface area contributed by atoms with Crippen LogP contribution < -0.4 is 14.8 Å². The van der Waals surface area contributed by atoms with E-state index < -0.39 is 6.09 Å². The molecule has 3 heterocycles. The third-order valence-electron chi connectivity index (χ3n) is 4.20. The van der Waals surface area contributed by atoms with Crippen LogP contribution in [0.5, 0.6) is 17.2 Å². The fourth-order valence-electron chi connectivity index (χ4n) is 2.99. The number of fused-ring (bicyclic) bond motifs is 4. The summed E-state index contributed by atoms with van der Waals surface area (Å²) in [6.45, 7) is 0.156. The van der Waals surface area contributed by atoms with Gasteiger partial charge in [-0.3, -0.25) is 5.32 Å². The number of aromatic nitrogens is 1. The van der Waals surface area contributed by atoms with E-state index >= 15 is 0 Å². The fourth-order valence-corrected chi connectivity index (χ4v) is 2.99. The van der Waals surface area contributed by atoms with Gasteiger partial charge in [0.2, 0.25) is 0 Å². The second-order valence-electron chi connectivity index (χ2n) is 5.64. The van der Waals surface area contributed by atoms with E-state index in [4.69, 9.17) is 14.2 Å². The third-order valence-corrected chi connectivity index (χ3v) is 4.20. The van der Waals surface area contributed by atoms with Crippen LogP contribution in [0.4, 0.5) is 10.6 Å². The average Bonchev–Trinajstić information content (AvgIpc) is 3.20. The lowest BCUT2D eigenvalue weighted by atomic mass is 10.1. The molecule has 1 N–H and O–H groups in total. The number of ether oxygens (including phenoxy) is 3. The number of hydrogen-bond donors (Lipinski definition) is 1. The number of nitrogens with one attached hydrogen (secondary N) is 1. The summed E-state index contributed by atoms with van der Waals surface area (Å²) in [7, 11) is 0. The summed E-state index contributed by atoms with van der Waals surface area (Å²) in [5.74, 6) is 3.35. The Hall–Kier alpha value is -2.76. The molecule has 22 heavy (non-hydrogen) atoms. The van der Waals surface area contributed by atoms with Crippen molar-refractivity contribution < 1.29 is 19.0 Å². The highest BCUT2D eigenvalue weighted by Crippen LogP contribution is 2.54. The minimum Gasteiger partial charge on any atom is -0.489 e. The number of cyclic esters (lactones) is 1. The van der Waals surface area contributed by atoms with Crippen LogP contribution in [-0.4, -0.2) is 17.2 Å². The van der Waals surface area contributed by atoms with Gasteiger partial charge in [0, 0.05) is 17.7 Å². The number of nitrogens with zero attached hydrogens (tertiary/aromatic N) is 1. The van der Waals surface area contributed by atoms with Crippen molar-refractivity contribution in [1.29, 1.82) is 0 Å². The molecule has 0 spiro atoms. The zero-order valence-electron chi connectivity index (χ0n) is 11.5. The van der Waals surface area contributed by atoms with Gasteiger partial charge >= 0.3 is 6.09 Å². The minimum absolute atomic E-state index is 0.156. The van der Waals surface area contributed by atoms with Crippen LogP contribution in [0, 0.1) is 0 Å². The SMILES string of the molecule is O=C1Nc2nccc(Oc3ccc4c(c3)[C@H]3C[C@H]3O4)c2CO1. The largest absolute Gasteiger partial charge is 0.489 e. The molecule has 3 aliphatic rings. The Morgan fingerprint density at radius 2 is 2.27 bits per heavy atom. The molecule has 6 heteroatoms. The summed E-state index contributed by atoms with van der Waals surface area (Å²) in [5, 5.41) is 2.57. The van der Waals surface area contributed by atoms with E-state index in [-0.39, 0.29) is 6.61 Å². The van der Waals surface area contributed by atoms with Crippen molar-refractivity contribution in [3.8, 4) is 17.2 Å². The minimum atomic E-state index is -0.494. The molecular weight excluding hydrogens is 284 g/mol. The van der Waals surface area contributed by atoms with Gasteiger partial charge in [0.15, 0.2) is 0 Å². The Labute approximate surface area is 126 Å². The predicted octanol–water partition coefficient (Wildman–Crippen LogP) is 3.18. The molecule has 1 aliphatic carbocycles. The maximum Gasteiger partial charge on any atom is 0.413 e. The van der Waals surface area contributed by atoms with Crippen LogP contribution >= 0.6 is 0 Å². The Kier molecular flexibility index (Phi) is 2.22. The lowest BCUT2D eigenvalue weighted by Gasteiger charge is -2.19. The average molecular weight is 296 g/mol. The zero-order chi connectivity index (χ0) is 14.7. The van der Waals surface area contributed by atoms with Gasteiger partial charge in [-0.1, -0.05) is 0 Å². The molecule has 1 aromatic heterocycles. The van der Waals surface area contributed by atoms with Crippen molar-refractivity contribution >= 4 is 11.9 Å². The van der Waals surface area contributed by atoms with Crippen molar-refractivity contribution in [3.05, 3.63) is 41.6 Å². The lowest BCUT2D eigenvalue weighted by Crippen LogP contribution is -2.21. The van der Waals surface area contributed by atoms with E-state index in [0.717, 1.165) is 23.5 Å². The van der Waals surface area contributed by atoms with Crippen molar-refractivity contribution in [2.45, 2.75) is 25.0 Å². The van der Waals surface area contributed by atoms with Crippen LogP contribution in [0.15, 0.2) is 30.5 Å². The van der Waals surface area contributed by atoms with Crippen LogP contribution in [0.2, 0.25) is 0 Å². The van der Waals surface area contributed by atoms with Crippen molar-refractivity contribution in [2.24, 2.45) is 0 Å². The molecule has 1 aromatic carbocycles. The molecule has 0 saturated heterocycles. The maximum absolute atomic E-state index is 11.2. The molecule has 1 saturated carbocycles. The van der Waals surface area contributed by atoms with Crippen molar-refractivity contribution in [2.75, 3.05) is 5.32 Å². The van der Waals surface area contributed by atoms with Crippen molar-refractivity contribution in [1.82, 2.24) is 4.98 Å². The van der Waals surface area contributed by atoms with Crippen LogP contribution in [0.3, 0.4) is 0 Å². The maximum atomic E-state index is 11.2. The number of hydrogen-bond acceptors (Lipinski definition) is 5. The molecule has 2 aliphatic heterocycles. The molecule has 5 rings (SSSR count). The summed E-state index contributed by atoms with van der Waals surface area (Å²) >= 11 is 0. The first kappa shape index (κ1) is 11.9. The first-order chi connectivity index (χ1) is 10.8. The molecule has 6 nitrogen and oxygen atoms in total. The number of amides is 1. The van der Waals surface area contributed by atoms with E-state index in [0.29, 0.717) is 23.6 Å². The second-order valence-corrected chi connectivity index (χ2v) is 5.64. The Morgan fingerprint density at radius 1 is 1.32 bits per heavy atom. The quantitative estimate of drug-likeness (QED) is 0.921. The first-order valence-corrected chi connectivity index (χ1v) is 7.18. The topological polar surface area (TPSA) is 69.7 Å². The van der Waals surface area contributed by atoms with Gasteiger partial charge in [-0.25, -0.2) is 9.78 Å². The number of rotatable bonds is 2. The summed E-state index contributed by atoms with van der Waals surface area (Å²) in [6.07, 6.45) is 2.57. The highest BCUT2D eigenvalue weighted by molar-refractivity contribution is 5.86. The highest BCUT2D eigenvalue weighted by atomic mass is 16.6. The molecule has 0 unspecified atom stereocenters. The molecular formula is C16H12N2O4.